The highest BCUT2D eigenvalue weighted by molar-refractivity contribution is 5.97. The van der Waals surface area contributed by atoms with Crippen molar-refractivity contribution >= 4 is 22.8 Å². The first-order chi connectivity index (χ1) is 9.56. The molecule has 6 nitrogen and oxygen atoms in total. The summed E-state index contributed by atoms with van der Waals surface area (Å²) < 4.78 is 0. The van der Waals surface area contributed by atoms with Gasteiger partial charge in [0, 0.05) is 23.9 Å². The minimum absolute atomic E-state index is 0.123. The Balaban J connectivity index is 1.89. The molecule has 1 aromatic carbocycles. The summed E-state index contributed by atoms with van der Waals surface area (Å²) in [6.45, 7) is 2.39. The number of nitrogens with one attached hydrogen (secondary N) is 2. The van der Waals surface area contributed by atoms with Crippen LogP contribution in [0, 0.1) is 5.92 Å². The van der Waals surface area contributed by atoms with Gasteiger partial charge in [0.2, 0.25) is 0 Å². The molecule has 0 fully saturated rings. The molecule has 0 radical (unpaired) electrons. The minimum atomic E-state index is -0.811. The van der Waals surface area contributed by atoms with Crippen molar-refractivity contribution in [2.45, 2.75) is 19.8 Å². The summed E-state index contributed by atoms with van der Waals surface area (Å²) in [6, 6.07) is 5.32. The summed E-state index contributed by atoms with van der Waals surface area (Å²) in [7, 11) is 0. The molecule has 0 saturated heterocycles. The van der Waals surface area contributed by atoms with Crippen LogP contribution in [0.1, 0.15) is 30.1 Å². The molecule has 0 aliphatic rings. The van der Waals surface area contributed by atoms with E-state index >= 15 is 0 Å². The van der Waals surface area contributed by atoms with E-state index in [2.05, 4.69) is 15.5 Å². The van der Waals surface area contributed by atoms with Gasteiger partial charge in [0.15, 0.2) is 0 Å². The fourth-order valence-corrected chi connectivity index (χ4v) is 1.92. The second-order valence-electron chi connectivity index (χ2n) is 4.92. The van der Waals surface area contributed by atoms with Crippen LogP contribution in [0.4, 0.5) is 0 Å². The van der Waals surface area contributed by atoms with Crippen molar-refractivity contribution in [3.8, 4) is 0 Å². The maximum Gasteiger partial charge on any atom is 0.303 e. The molecule has 1 heterocycles. The summed E-state index contributed by atoms with van der Waals surface area (Å²) in [5.74, 6) is -0.837. The van der Waals surface area contributed by atoms with Gasteiger partial charge >= 0.3 is 5.97 Å². The van der Waals surface area contributed by atoms with E-state index in [9.17, 15) is 9.59 Å². The smallest absolute Gasteiger partial charge is 0.303 e. The number of carbonyl (C=O) groups is 2. The first-order valence-corrected chi connectivity index (χ1v) is 6.49. The SMILES string of the molecule is CC(CCC(=O)O)CNC(=O)c1ccc2[nH]ncc2c1. The maximum absolute atomic E-state index is 12.0. The Labute approximate surface area is 116 Å². The van der Waals surface area contributed by atoms with Crippen molar-refractivity contribution in [1.82, 2.24) is 15.5 Å². The zero-order valence-corrected chi connectivity index (χ0v) is 11.2. The van der Waals surface area contributed by atoms with E-state index in [1.807, 2.05) is 13.0 Å². The predicted molar refractivity (Wildman–Crippen MR) is 74.5 cm³/mol. The number of hydrogen-bond donors (Lipinski definition) is 3. The molecule has 0 bridgehead atoms. The number of nitrogens with zero attached hydrogens (tertiary/aromatic N) is 1. The quantitative estimate of drug-likeness (QED) is 0.749. The Bertz CT molecular complexity index is 621. The molecule has 20 heavy (non-hydrogen) atoms. The molecule has 0 saturated carbocycles. The fraction of sp³-hybridized carbons (Fsp3) is 0.357. The number of H-pyrrole nitrogens is 1. The molecular formula is C14H17N3O3. The zero-order valence-electron chi connectivity index (χ0n) is 11.2. The highest BCUT2D eigenvalue weighted by atomic mass is 16.4. The molecule has 2 rings (SSSR count). The molecule has 0 aliphatic heterocycles. The number of aliphatic carboxylic acids is 1. The Morgan fingerprint density at radius 1 is 1.45 bits per heavy atom. The van der Waals surface area contributed by atoms with Crippen LogP contribution in [0.25, 0.3) is 10.9 Å². The van der Waals surface area contributed by atoms with Crippen LogP contribution in [0.3, 0.4) is 0 Å². The van der Waals surface area contributed by atoms with E-state index in [-0.39, 0.29) is 18.2 Å². The number of carboxylic acid groups (broad SMARTS) is 1. The average Bonchev–Trinajstić information content (AvgIpc) is 2.89. The van der Waals surface area contributed by atoms with Gasteiger partial charge in [0.25, 0.3) is 5.91 Å². The Kier molecular flexibility index (Phi) is 4.34. The van der Waals surface area contributed by atoms with Crippen molar-refractivity contribution in [1.29, 1.82) is 0 Å². The Hall–Kier alpha value is -2.37. The third kappa shape index (κ3) is 3.57. The lowest BCUT2D eigenvalue weighted by atomic mass is 10.1. The van der Waals surface area contributed by atoms with Gasteiger partial charge in [-0.2, -0.15) is 5.10 Å². The van der Waals surface area contributed by atoms with Crippen molar-refractivity contribution < 1.29 is 14.7 Å². The largest absolute Gasteiger partial charge is 0.481 e. The van der Waals surface area contributed by atoms with E-state index in [0.29, 0.717) is 18.5 Å². The van der Waals surface area contributed by atoms with Crippen LogP contribution in [-0.2, 0) is 4.79 Å². The summed E-state index contributed by atoms with van der Waals surface area (Å²) in [5.41, 5.74) is 1.46. The summed E-state index contributed by atoms with van der Waals surface area (Å²) in [4.78, 5) is 22.5. The van der Waals surface area contributed by atoms with Crippen LogP contribution in [-0.4, -0.2) is 33.7 Å². The van der Waals surface area contributed by atoms with Crippen LogP contribution in [0.2, 0.25) is 0 Å². The maximum atomic E-state index is 12.0. The molecule has 1 aromatic heterocycles. The molecule has 1 amide bonds. The number of hydrogen-bond acceptors (Lipinski definition) is 3. The predicted octanol–water partition coefficient (Wildman–Crippen LogP) is 1.79. The molecule has 1 atom stereocenters. The highest BCUT2D eigenvalue weighted by Crippen LogP contribution is 2.13. The topological polar surface area (TPSA) is 95.1 Å². The van der Waals surface area contributed by atoms with Gasteiger partial charge in [-0.1, -0.05) is 6.92 Å². The standard InChI is InChI=1S/C14H17N3O3/c1-9(2-5-13(18)19)7-15-14(20)10-3-4-12-11(6-10)8-16-17-12/h3-4,6,8-9H,2,5,7H2,1H3,(H,15,20)(H,16,17)(H,18,19). The van der Waals surface area contributed by atoms with E-state index in [1.165, 1.54) is 0 Å². The highest BCUT2D eigenvalue weighted by Gasteiger charge is 2.10. The van der Waals surface area contributed by atoms with Gasteiger partial charge in [-0.3, -0.25) is 14.7 Å². The normalized spacial score (nSPS) is 12.2. The number of amides is 1. The second-order valence-corrected chi connectivity index (χ2v) is 4.92. The first-order valence-electron chi connectivity index (χ1n) is 6.49. The monoisotopic (exact) mass is 275 g/mol. The zero-order chi connectivity index (χ0) is 14.5. The molecule has 1 unspecified atom stereocenters. The second kappa shape index (κ2) is 6.18. The van der Waals surface area contributed by atoms with E-state index in [1.54, 1.807) is 18.3 Å². The summed E-state index contributed by atoms with van der Waals surface area (Å²) in [6.07, 6.45) is 2.34. The van der Waals surface area contributed by atoms with Gasteiger partial charge in [0.05, 0.1) is 11.7 Å². The fourth-order valence-electron chi connectivity index (χ4n) is 1.92. The lowest BCUT2D eigenvalue weighted by Gasteiger charge is -2.11. The molecule has 6 heteroatoms. The third-order valence-electron chi connectivity index (χ3n) is 3.16. The van der Waals surface area contributed by atoms with Gasteiger partial charge < -0.3 is 10.4 Å². The van der Waals surface area contributed by atoms with Crippen LogP contribution < -0.4 is 5.32 Å². The molecule has 2 aromatic rings. The number of aromatic amines is 1. The van der Waals surface area contributed by atoms with Gasteiger partial charge in [-0.05, 0) is 30.5 Å². The van der Waals surface area contributed by atoms with E-state index in [4.69, 9.17) is 5.11 Å². The summed E-state index contributed by atoms with van der Waals surface area (Å²) >= 11 is 0. The van der Waals surface area contributed by atoms with Crippen molar-refractivity contribution in [2.24, 2.45) is 5.92 Å². The Morgan fingerprint density at radius 2 is 2.25 bits per heavy atom. The number of aromatic nitrogens is 2. The first kappa shape index (κ1) is 14.0. The van der Waals surface area contributed by atoms with E-state index < -0.39 is 5.97 Å². The lowest BCUT2D eigenvalue weighted by Crippen LogP contribution is -2.28. The van der Waals surface area contributed by atoms with Crippen LogP contribution in [0.5, 0.6) is 0 Å². The number of rotatable bonds is 6. The number of benzene rings is 1. The number of carbonyl (C=O) groups excluding carboxylic acids is 1. The van der Waals surface area contributed by atoms with Crippen LogP contribution in [0.15, 0.2) is 24.4 Å². The third-order valence-corrected chi connectivity index (χ3v) is 3.16. The van der Waals surface area contributed by atoms with Crippen molar-refractivity contribution in [3.63, 3.8) is 0 Å². The number of fused-ring (bicyclic) bond motifs is 1. The van der Waals surface area contributed by atoms with Gasteiger partial charge in [-0.15, -0.1) is 0 Å². The van der Waals surface area contributed by atoms with Crippen molar-refractivity contribution in [3.05, 3.63) is 30.0 Å². The Morgan fingerprint density at radius 3 is 3.00 bits per heavy atom. The van der Waals surface area contributed by atoms with Crippen LogP contribution >= 0.6 is 0 Å². The lowest BCUT2D eigenvalue weighted by molar-refractivity contribution is -0.137. The molecule has 106 valence electrons. The average molecular weight is 275 g/mol. The van der Waals surface area contributed by atoms with Gasteiger partial charge in [0.1, 0.15) is 0 Å². The number of carboxylic acids is 1. The van der Waals surface area contributed by atoms with E-state index in [0.717, 1.165) is 10.9 Å². The minimum Gasteiger partial charge on any atom is -0.481 e. The molecule has 0 aliphatic carbocycles. The van der Waals surface area contributed by atoms with Crippen molar-refractivity contribution in [2.75, 3.05) is 6.54 Å². The summed E-state index contributed by atoms with van der Waals surface area (Å²) in [5, 5.41) is 19.0. The molecular weight excluding hydrogens is 258 g/mol. The van der Waals surface area contributed by atoms with Gasteiger partial charge in [-0.25, -0.2) is 0 Å². The molecule has 3 N–H and O–H groups in total. The molecule has 0 spiro atoms.